The summed E-state index contributed by atoms with van der Waals surface area (Å²) in [5.41, 5.74) is 0.961. The highest BCUT2D eigenvalue weighted by atomic mass is 127. The summed E-state index contributed by atoms with van der Waals surface area (Å²) >= 11 is 2.15. The Kier molecular flexibility index (Phi) is 948. The van der Waals surface area contributed by atoms with Crippen LogP contribution in [0.1, 0.15) is 79.0 Å². The van der Waals surface area contributed by atoms with Gasteiger partial charge < -0.3 is 0 Å². The Morgan fingerprint density at radius 3 is 0.960 bits per heavy atom. The van der Waals surface area contributed by atoms with Gasteiger partial charge in [-0.25, -0.2) is 0 Å². The lowest BCUT2D eigenvalue weighted by molar-refractivity contribution is 1.12. The highest BCUT2D eigenvalue weighted by Crippen LogP contribution is 1.81. The summed E-state index contributed by atoms with van der Waals surface area (Å²) in [6, 6.07) is 0. The second kappa shape index (κ2) is 226. The Balaban J connectivity index is -0.00000000661. The van der Waals surface area contributed by atoms with Crippen LogP contribution < -0.4 is 0 Å². The fraction of sp³-hybridized carbons (Fsp3) is 0.545. The Bertz CT molecular complexity index is 176. The topological polar surface area (TPSA) is 25.8 Å². The maximum absolute atomic E-state index is 3.92. The van der Waals surface area contributed by atoms with Gasteiger partial charge in [-0.3, -0.25) is 9.97 Å². The van der Waals surface area contributed by atoms with Crippen molar-refractivity contribution in [3.63, 3.8) is 0 Å². The van der Waals surface area contributed by atoms with Crippen LogP contribution in [-0.2, 0) is 0 Å². The SMILES string of the molecule is C.C.C.C.C.C.C.C.C=C.C=C.C=C.CC.CI.Cc1cnccn1. The van der Waals surface area contributed by atoms with Crippen molar-refractivity contribution in [2.24, 2.45) is 0 Å². The zero-order chi connectivity index (χ0) is 15.1. The lowest BCUT2D eigenvalue weighted by atomic mass is 10.5. The van der Waals surface area contributed by atoms with Crippen molar-refractivity contribution in [2.75, 3.05) is 4.93 Å². The Labute approximate surface area is 181 Å². The zero-order valence-corrected chi connectivity index (χ0v) is 13.9. The normalized spacial score (nSPS) is 3.40. The van der Waals surface area contributed by atoms with E-state index in [-0.39, 0.29) is 59.4 Å². The first-order valence-electron chi connectivity index (χ1n) is 5.00. The van der Waals surface area contributed by atoms with Gasteiger partial charge in [0.05, 0.1) is 5.69 Å². The van der Waals surface area contributed by atoms with Crippen LogP contribution in [0.15, 0.2) is 58.1 Å². The van der Waals surface area contributed by atoms with E-state index in [1.54, 1.807) is 18.6 Å². The number of nitrogens with zero attached hydrogens (tertiary/aromatic N) is 2. The molecule has 1 heterocycles. The van der Waals surface area contributed by atoms with Crippen molar-refractivity contribution in [3.8, 4) is 0 Å². The van der Waals surface area contributed by atoms with E-state index in [0.717, 1.165) is 5.69 Å². The van der Waals surface area contributed by atoms with Crippen LogP contribution in [0.2, 0.25) is 0 Å². The van der Waals surface area contributed by atoms with Crippen molar-refractivity contribution < 1.29 is 0 Å². The average Bonchev–Trinajstić information content (AvgIpc) is 2.50. The van der Waals surface area contributed by atoms with Crippen LogP contribution in [0.3, 0.4) is 0 Å². The van der Waals surface area contributed by atoms with Crippen molar-refractivity contribution in [2.45, 2.75) is 80.2 Å². The predicted octanol–water partition coefficient (Wildman–Crippen LogP) is 10.4. The molecule has 0 amide bonds. The standard InChI is InChI=1S/C5H6N2.C2H6.3C2H4.CH3I.8CH4/c1-5-4-6-2-3-7-5;5*1-2;;;;;;;;/h2-4H,1H3;1-2H3;3*1-2H2;1H3;8*1H4. The quantitative estimate of drug-likeness (QED) is 0.210. The minimum absolute atomic E-state index is 0. The van der Waals surface area contributed by atoms with Crippen molar-refractivity contribution >= 4 is 22.6 Å². The van der Waals surface area contributed by atoms with Gasteiger partial charge in [0.25, 0.3) is 0 Å². The molecule has 0 saturated carbocycles. The summed E-state index contributed by atoms with van der Waals surface area (Å²) in [6.45, 7) is 23.9. The van der Waals surface area contributed by atoms with Crippen molar-refractivity contribution in [3.05, 3.63) is 63.8 Å². The minimum atomic E-state index is 0. The molecule has 0 aliphatic heterocycles. The van der Waals surface area contributed by atoms with E-state index in [0.29, 0.717) is 0 Å². The number of aromatic nitrogens is 2. The van der Waals surface area contributed by atoms with Gasteiger partial charge in [-0.05, 0) is 11.9 Å². The van der Waals surface area contributed by atoms with Crippen molar-refractivity contribution in [1.29, 1.82) is 0 Å². The fourth-order valence-electron chi connectivity index (χ4n) is 0.374. The number of aryl methyl sites for hydroxylation is 1. The molecule has 2 nitrogen and oxygen atoms in total. The summed E-state index contributed by atoms with van der Waals surface area (Å²) in [5.74, 6) is 0. The molecule has 0 N–H and O–H groups in total. The molecule has 3 heteroatoms. The first-order chi connectivity index (χ1) is 8.39. The third kappa shape index (κ3) is 206. The van der Waals surface area contributed by atoms with Crippen LogP contribution in [0.4, 0.5) is 0 Å². The summed E-state index contributed by atoms with van der Waals surface area (Å²) in [7, 11) is 0. The number of alkyl halides is 1. The molecule has 0 spiro atoms. The predicted molar refractivity (Wildman–Crippen MR) is 146 cm³/mol. The summed E-state index contributed by atoms with van der Waals surface area (Å²) < 4.78 is 0. The molecular formula is C22H59IN2. The lowest BCUT2D eigenvalue weighted by Crippen LogP contribution is -1.77. The highest BCUT2D eigenvalue weighted by molar-refractivity contribution is 14.1. The van der Waals surface area contributed by atoms with Crippen LogP contribution >= 0.6 is 22.6 Å². The van der Waals surface area contributed by atoms with Gasteiger partial charge in [0.15, 0.2) is 0 Å². The van der Waals surface area contributed by atoms with E-state index in [1.165, 1.54) is 0 Å². The van der Waals surface area contributed by atoms with E-state index in [1.807, 2.05) is 25.7 Å². The Hall–Kier alpha value is -0.970. The van der Waals surface area contributed by atoms with Gasteiger partial charge >= 0.3 is 0 Å². The van der Waals surface area contributed by atoms with Gasteiger partial charge in [0.2, 0.25) is 0 Å². The number of rotatable bonds is 0. The zero-order valence-electron chi connectivity index (χ0n) is 11.7. The molecule has 1 aromatic heterocycles. The molecule has 1 aromatic rings. The number of hydrogen-bond donors (Lipinski definition) is 0. The molecule has 0 aliphatic rings. The van der Waals surface area contributed by atoms with Gasteiger partial charge in [-0.1, -0.05) is 95.9 Å². The molecule has 0 saturated heterocycles. The van der Waals surface area contributed by atoms with E-state index in [4.69, 9.17) is 0 Å². The summed E-state index contributed by atoms with van der Waals surface area (Å²) in [6.07, 6.45) is 5.06. The highest BCUT2D eigenvalue weighted by Gasteiger charge is 1.74. The second-order valence-electron chi connectivity index (χ2n) is 1.35. The molecule has 1 rings (SSSR count). The van der Waals surface area contributed by atoms with Gasteiger partial charge in [-0.15, -0.1) is 39.5 Å². The third-order valence-corrected chi connectivity index (χ3v) is 0.692. The monoisotopic (exact) mass is 478 g/mol. The molecule has 0 atom stereocenters. The molecular weight excluding hydrogens is 419 g/mol. The molecule has 0 radical (unpaired) electrons. The van der Waals surface area contributed by atoms with Crippen LogP contribution in [0, 0.1) is 6.92 Å². The number of halogens is 1. The maximum Gasteiger partial charge on any atom is 0.0555 e. The molecule has 0 unspecified atom stereocenters. The van der Waals surface area contributed by atoms with Gasteiger partial charge in [0, 0.05) is 18.6 Å². The van der Waals surface area contributed by atoms with E-state index >= 15 is 0 Å². The largest absolute Gasteiger partial charge is 0.261 e. The average molecular weight is 479 g/mol. The second-order valence-corrected chi connectivity index (χ2v) is 1.35. The van der Waals surface area contributed by atoms with E-state index in [2.05, 4.69) is 72.0 Å². The smallest absolute Gasteiger partial charge is 0.0555 e. The first-order valence-corrected chi connectivity index (χ1v) is 7.16. The van der Waals surface area contributed by atoms with Crippen LogP contribution in [0.25, 0.3) is 0 Å². The van der Waals surface area contributed by atoms with E-state index < -0.39 is 0 Å². The summed E-state index contributed by atoms with van der Waals surface area (Å²) in [4.78, 5) is 9.71. The molecule has 0 bridgehead atoms. The van der Waals surface area contributed by atoms with Crippen LogP contribution in [-0.4, -0.2) is 14.9 Å². The lowest BCUT2D eigenvalue weighted by Gasteiger charge is -1.81. The molecule has 0 fully saturated rings. The third-order valence-electron chi connectivity index (χ3n) is 0.692. The molecule has 25 heavy (non-hydrogen) atoms. The van der Waals surface area contributed by atoms with Gasteiger partial charge in [0.1, 0.15) is 0 Å². The van der Waals surface area contributed by atoms with Gasteiger partial charge in [-0.2, -0.15) is 0 Å². The van der Waals surface area contributed by atoms with E-state index in [9.17, 15) is 0 Å². The minimum Gasteiger partial charge on any atom is -0.261 e. The molecule has 0 aromatic carbocycles. The number of hydrogen-bond acceptors (Lipinski definition) is 2. The molecule has 164 valence electrons. The fourth-order valence-corrected chi connectivity index (χ4v) is 0.374. The summed E-state index contributed by atoms with van der Waals surface area (Å²) in [5, 5.41) is 0. The Morgan fingerprint density at radius 1 is 0.640 bits per heavy atom. The van der Waals surface area contributed by atoms with Crippen molar-refractivity contribution in [1.82, 2.24) is 9.97 Å². The van der Waals surface area contributed by atoms with Crippen LogP contribution in [0.5, 0.6) is 0 Å². The maximum atomic E-state index is 3.92. The molecule has 0 aliphatic carbocycles. The Morgan fingerprint density at radius 2 is 0.880 bits per heavy atom. The first kappa shape index (κ1) is 105.